The number of hydrogen-bond donors (Lipinski definition) is 3. The van der Waals surface area contributed by atoms with Gasteiger partial charge in [-0.25, -0.2) is 0 Å². The van der Waals surface area contributed by atoms with Crippen LogP contribution in [0.1, 0.15) is 65.7 Å². The molecule has 0 spiro atoms. The first-order chi connectivity index (χ1) is 9.98. The Morgan fingerprint density at radius 1 is 1.19 bits per heavy atom. The molecule has 0 radical (unpaired) electrons. The van der Waals surface area contributed by atoms with E-state index in [0.29, 0.717) is 19.2 Å². The van der Waals surface area contributed by atoms with E-state index in [2.05, 4.69) is 26.1 Å². The highest BCUT2D eigenvalue weighted by Gasteiger charge is 2.46. The van der Waals surface area contributed by atoms with Gasteiger partial charge in [0, 0.05) is 24.6 Å². The molecule has 3 unspecified atom stereocenters. The lowest BCUT2D eigenvalue weighted by atomic mass is 9.64. The summed E-state index contributed by atoms with van der Waals surface area (Å²) >= 11 is 0. The Kier molecular flexibility index (Phi) is 8.79. The molecule has 0 aliphatic heterocycles. The van der Waals surface area contributed by atoms with E-state index in [1.54, 1.807) is 0 Å². The van der Waals surface area contributed by atoms with Crippen LogP contribution in [0.4, 0.5) is 0 Å². The van der Waals surface area contributed by atoms with Crippen molar-refractivity contribution >= 4 is 0 Å². The van der Waals surface area contributed by atoms with E-state index >= 15 is 0 Å². The molecule has 3 atom stereocenters. The highest BCUT2D eigenvalue weighted by molar-refractivity contribution is 5.01. The summed E-state index contributed by atoms with van der Waals surface area (Å²) in [6, 6.07) is 0.292. The van der Waals surface area contributed by atoms with Crippen molar-refractivity contribution in [1.82, 2.24) is 5.32 Å². The van der Waals surface area contributed by atoms with Crippen LogP contribution in [-0.4, -0.2) is 48.2 Å². The van der Waals surface area contributed by atoms with Gasteiger partial charge < -0.3 is 20.3 Å². The van der Waals surface area contributed by atoms with Gasteiger partial charge in [0.2, 0.25) is 0 Å². The molecule has 1 aliphatic rings. The molecule has 1 rings (SSSR count). The van der Waals surface area contributed by atoms with Gasteiger partial charge in [0.05, 0.1) is 18.8 Å². The first-order valence-electron chi connectivity index (χ1n) is 8.65. The molecule has 0 amide bonds. The molecule has 0 aromatic carbocycles. The number of rotatable bonds is 12. The normalized spacial score (nSPS) is 25.6. The van der Waals surface area contributed by atoms with Crippen molar-refractivity contribution in [3.8, 4) is 0 Å². The molecule has 21 heavy (non-hydrogen) atoms. The predicted octanol–water partition coefficient (Wildman–Crippen LogP) is 2.47. The van der Waals surface area contributed by atoms with Crippen molar-refractivity contribution in [2.75, 3.05) is 19.8 Å². The molecule has 3 N–H and O–H groups in total. The quantitative estimate of drug-likeness (QED) is 0.485. The van der Waals surface area contributed by atoms with Crippen molar-refractivity contribution in [2.45, 2.75) is 84.0 Å². The number of hydrogen-bond acceptors (Lipinski definition) is 4. The summed E-state index contributed by atoms with van der Waals surface area (Å²) in [4.78, 5) is 0. The van der Waals surface area contributed by atoms with Crippen LogP contribution < -0.4 is 5.32 Å². The maximum atomic E-state index is 9.88. The third kappa shape index (κ3) is 6.64. The van der Waals surface area contributed by atoms with Crippen molar-refractivity contribution in [3.05, 3.63) is 0 Å². The smallest absolute Gasteiger partial charge is 0.0897 e. The first kappa shape index (κ1) is 18.9. The molecular weight excluding hydrogens is 266 g/mol. The van der Waals surface area contributed by atoms with E-state index < -0.39 is 6.10 Å². The largest absolute Gasteiger partial charge is 0.392 e. The Morgan fingerprint density at radius 3 is 2.48 bits per heavy atom. The number of ether oxygens (including phenoxy) is 1. The van der Waals surface area contributed by atoms with E-state index in [4.69, 9.17) is 4.74 Å². The lowest BCUT2D eigenvalue weighted by Gasteiger charge is -2.49. The second-order valence-electron chi connectivity index (χ2n) is 7.03. The van der Waals surface area contributed by atoms with E-state index in [-0.39, 0.29) is 11.5 Å². The Labute approximate surface area is 130 Å². The topological polar surface area (TPSA) is 61.7 Å². The fourth-order valence-electron chi connectivity index (χ4n) is 2.79. The molecule has 126 valence electrons. The van der Waals surface area contributed by atoms with Gasteiger partial charge in [0.15, 0.2) is 0 Å². The zero-order valence-corrected chi connectivity index (χ0v) is 14.1. The van der Waals surface area contributed by atoms with Crippen LogP contribution >= 0.6 is 0 Å². The van der Waals surface area contributed by atoms with E-state index in [0.717, 1.165) is 19.4 Å². The molecule has 0 aromatic rings. The summed E-state index contributed by atoms with van der Waals surface area (Å²) in [5.41, 5.74) is -0.0843. The third-order valence-corrected chi connectivity index (χ3v) is 4.77. The van der Waals surface area contributed by atoms with E-state index in [1.165, 1.54) is 32.1 Å². The second-order valence-corrected chi connectivity index (χ2v) is 7.03. The Bertz CT molecular complexity index is 271. The van der Waals surface area contributed by atoms with Gasteiger partial charge >= 0.3 is 0 Å². The highest BCUT2D eigenvalue weighted by Crippen LogP contribution is 2.40. The summed E-state index contributed by atoms with van der Waals surface area (Å²) in [5.74, 6) is 0. The van der Waals surface area contributed by atoms with Crippen molar-refractivity contribution < 1.29 is 14.9 Å². The molecule has 0 saturated heterocycles. The van der Waals surface area contributed by atoms with Crippen LogP contribution in [0.3, 0.4) is 0 Å². The lowest BCUT2D eigenvalue weighted by molar-refractivity contribution is -0.0766. The minimum Gasteiger partial charge on any atom is -0.392 e. The van der Waals surface area contributed by atoms with Crippen LogP contribution in [0.5, 0.6) is 0 Å². The molecule has 4 heteroatoms. The summed E-state index contributed by atoms with van der Waals surface area (Å²) in [6.07, 6.45) is 7.63. The minimum absolute atomic E-state index is 0.0843. The van der Waals surface area contributed by atoms with Gasteiger partial charge in [-0.2, -0.15) is 0 Å². The standard InChI is InChI=1S/C17H35NO3/c1-4-5-6-7-8-9-10-21-13-14(19)12-18-15-11-16(20)17(15,2)3/h14-16,18-20H,4-13H2,1-3H3. The second kappa shape index (κ2) is 9.78. The predicted molar refractivity (Wildman–Crippen MR) is 86.4 cm³/mol. The van der Waals surface area contributed by atoms with Crippen LogP contribution in [0.15, 0.2) is 0 Å². The molecule has 0 aromatic heterocycles. The lowest BCUT2D eigenvalue weighted by Crippen LogP contribution is -2.61. The van der Waals surface area contributed by atoms with Crippen LogP contribution in [0, 0.1) is 5.41 Å². The van der Waals surface area contributed by atoms with Gasteiger partial charge in [-0.1, -0.05) is 52.9 Å². The molecular formula is C17H35NO3. The van der Waals surface area contributed by atoms with Gasteiger partial charge in [-0.15, -0.1) is 0 Å². The molecule has 4 nitrogen and oxygen atoms in total. The van der Waals surface area contributed by atoms with Gasteiger partial charge in [-0.3, -0.25) is 0 Å². The molecule has 0 heterocycles. The average Bonchev–Trinajstić information content (AvgIpc) is 2.46. The molecule has 0 bridgehead atoms. The van der Waals surface area contributed by atoms with Crippen molar-refractivity contribution in [2.24, 2.45) is 5.41 Å². The number of nitrogens with one attached hydrogen (secondary N) is 1. The van der Waals surface area contributed by atoms with E-state index in [9.17, 15) is 10.2 Å². The fourth-order valence-corrected chi connectivity index (χ4v) is 2.79. The van der Waals surface area contributed by atoms with Crippen molar-refractivity contribution in [1.29, 1.82) is 0 Å². The minimum atomic E-state index is -0.460. The Balaban J connectivity index is 1.91. The van der Waals surface area contributed by atoms with Gasteiger partial charge in [0.25, 0.3) is 0 Å². The fraction of sp³-hybridized carbons (Fsp3) is 1.00. The summed E-state index contributed by atoms with van der Waals surface area (Å²) < 4.78 is 5.52. The average molecular weight is 301 g/mol. The van der Waals surface area contributed by atoms with Crippen LogP contribution in [0.2, 0.25) is 0 Å². The highest BCUT2D eigenvalue weighted by atomic mass is 16.5. The number of unbranched alkanes of at least 4 members (excludes halogenated alkanes) is 5. The third-order valence-electron chi connectivity index (χ3n) is 4.77. The molecule has 1 saturated carbocycles. The summed E-state index contributed by atoms with van der Waals surface area (Å²) in [6.45, 7) is 8.02. The van der Waals surface area contributed by atoms with Crippen LogP contribution in [-0.2, 0) is 4.74 Å². The maximum absolute atomic E-state index is 9.88. The molecule has 1 aliphatic carbocycles. The summed E-state index contributed by atoms with van der Waals surface area (Å²) in [5, 5.41) is 22.9. The van der Waals surface area contributed by atoms with E-state index in [1.807, 2.05) is 0 Å². The molecule has 1 fully saturated rings. The summed E-state index contributed by atoms with van der Waals surface area (Å²) in [7, 11) is 0. The number of aliphatic hydroxyl groups is 2. The first-order valence-corrected chi connectivity index (χ1v) is 8.65. The SMILES string of the molecule is CCCCCCCCOCC(O)CNC1CC(O)C1(C)C. The Hall–Kier alpha value is -0.160. The zero-order chi connectivity index (χ0) is 15.7. The van der Waals surface area contributed by atoms with Crippen LogP contribution in [0.25, 0.3) is 0 Å². The zero-order valence-electron chi connectivity index (χ0n) is 14.1. The van der Waals surface area contributed by atoms with Gasteiger partial charge in [-0.05, 0) is 12.8 Å². The number of aliphatic hydroxyl groups excluding tert-OH is 2. The monoisotopic (exact) mass is 301 g/mol. The Morgan fingerprint density at radius 2 is 1.86 bits per heavy atom. The van der Waals surface area contributed by atoms with Gasteiger partial charge in [0.1, 0.15) is 0 Å². The maximum Gasteiger partial charge on any atom is 0.0897 e. The van der Waals surface area contributed by atoms with Crippen molar-refractivity contribution in [3.63, 3.8) is 0 Å².